The van der Waals surface area contributed by atoms with Gasteiger partial charge < -0.3 is 4.52 Å². The minimum Gasteiger partial charge on any atom is -0.334 e. The number of rotatable bonds is 3. The summed E-state index contributed by atoms with van der Waals surface area (Å²) in [6.45, 7) is 0. The van der Waals surface area contributed by atoms with Crippen molar-refractivity contribution in [3.05, 3.63) is 41.3 Å². The lowest BCUT2D eigenvalue weighted by atomic mass is 10.2. The van der Waals surface area contributed by atoms with E-state index in [4.69, 9.17) is 4.52 Å². The third-order valence-electron chi connectivity index (χ3n) is 2.73. The van der Waals surface area contributed by atoms with Crippen LogP contribution < -0.4 is 0 Å². The van der Waals surface area contributed by atoms with E-state index >= 15 is 0 Å². The number of aromatic nitrogens is 2. The maximum absolute atomic E-state index is 13.2. The molecule has 0 aliphatic carbocycles. The van der Waals surface area contributed by atoms with E-state index in [0.29, 0.717) is 5.56 Å². The summed E-state index contributed by atoms with van der Waals surface area (Å²) in [6.07, 6.45) is 1.09. The van der Waals surface area contributed by atoms with E-state index in [0.717, 1.165) is 35.8 Å². The molecule has 0 fully saturated rings. The first-order valence-corrected chi connectivity index (χ1v) is 8.69. The topological polar surface area (TPSA) is 73.1 Å². The molecule has 0 bridgehead atoms. The summed E-state index contributed by atoms with van der Waals surface area (Å²) in [7, 11) is -3.32. The summed E-state index contributed by atoms with van der Waals surface area (Å²) in [5.74, 6) is -1.42. The molecule has 2 heterocycles. The second-order valence-corrected chi connectivity index (χ2v) is 7.66. The minimum absolute atomic E-state index is 0.0144. The van der Waals surface area contributed by atoms with Crippen LogP contribution in [0.25, 0.3) is 22.8 Å². The number of hydrogen-bond donors (Lipinski definition) is 0. The Morgan fingerprint density at radius 1 is 1.09 bits per heavy atom. The fourth-order valence-corrected chi connectivity index (χ4v) is 3.56. The van der Waals surface area contributed by atoms with Crippen molar-refractivity contribution in [3.63, 3.8) is 0 Å². The molecule has 0 aliphatic heterocycles. The molecule has 0 saturated carbocycles. The molecule has 0 atom stereocenters. The molecule has 0 unspecified atom stereocenters. The molecular formula is C13H8F2N2O3S2. The molecule has 114 valence electrons. The van der Waals surface area contributed by atoms with Crippen LogP contribution in [0.1, 0.15) is 0 Å². The van der Waals surface area contributed by atoms with Gasteiger partial charge in [-0.25, -0.2) is 17.2 Å². The van der Waals surface area contributed by atoms with Gasteiger partial charge in [0.05, 0.1) is 5.56 Å². The molecule has 0 saturated heterocycles. The van der Waals surface area contributed by atoms with Gasteiger partial charge in [-0.3, -0.25) is 0 Å². The van der Waals surface area contributed by atoms with Gasteiger partial charge >= 0.3 is 0 Å². The second-order valence-electron chi connectivity index (χ2n) is 4.51. The van der Waals surface area contributed by atoms with E-state index in [1.807, 2.05) is 0 Å². The third-order valence-corrected chi connectivity index (χ3v) is 5.50. The van der Waals surface area contributed by atoms with Crippen LogP contribution in [-0.4, -0.2) is 24.8 Å². The fraction of sp³-hybridized carbons (Fsp3) is 0.0769. The Balaban J connectivity index is 1.99. The molecule has 5 nitrogen and oxygen atoms in total. The van der Waals surface area contributed by atoms with Gasteiger partial charge in [0.1, 0.15) is 15.8 Å². The van der Waals surface area contributed by atoms with Crippen LogP contribution in [0.2, 0.25) is 0 Å². The van der Waals surface area contributed by atoms with Crippen LogP contribution in [0.5, 0.6) is 0 Å². The van der Waals surface area contributed by atoms with Crippen LogP contribution in [-0.2, 0) is 9.84 Å². The van der Waals surface area contributed by atoms with E-state index in [9.17, 15) is 17.2 Å². The monoisotopic (exact) mass is 342 g/mol. The first-order chi connectivity index (χ1) is 10.3. The summed E-state index contributed by atoms with van der Waals surface area (Å²) in [4.78, 5) is 4.03. The van der Waals surface area contributed by atoms with Crippen LogP contribution in [0.15, 0.2) is 38.4 Å². The molecule has 1 aromatic carbocycles. The van der Waals surface area contributed by atoms with Crippen molar-refractivity contribution >= 4 is 21.2 Å². The average Bonchev–Trinajstić information content (AvgIpc) is 3.06. The highest BCUT2D eigenvalue weighted by molar-refractivity contribution is 7.92. The van der Waals surface area contributed by atoms with Crippen LogP contribution in [0.3, 0.4) is 0 Å². The van der Waals surface area contributed by atoms with Crippen molar-refractivity contribution in [2.75, 3.05) is 6.26 Å². The molecule has 3 aromatic rings. The molecule has 0 aliphatic rings. The van der Waals surface area contributed by atoms with Gasteiger partial charge in [-0.15, -0.1) is 11.3 Å². The van der Waals surface area contributed by atoms with Gasteiger partial charge in [0, 0.05) is 23.3 Å². The predicted octanol–water partition coefficient (Wildman–Crippen LogP) is 3.15. The summed E-state index contributed by atoms with van der Waals surface area (Å²) in [5.41, 5.74) is 0.562. The summed E-state index contributed by atoms with van der Waals surface area (Å²) in [5, 5.41) is 5.21. The van der Waals surface area contributed by atoms with Crippen molar-refractivity contribution in [3.8, 4) is 22.8 Å². The number of hydrogen-bond acceptors (Lipinski definition) is 6. The highest BCUT2D eigenvalue weighted by Crippen LogP contribution is 2.29. The first kappa shape index (κ1) is 14.8. The highest BCUT2D eigenvalue weighted by atomic mass is 32.2. The first-order valence-electron chi connectivity index (χ1n) is 5.92. The van der Waals surface area contributed by atoms with Crippen LogP contribution >= 0.6 is 11.3 Å². The van der Waals surface area contributed by atoms with E-state index in [1.54, 1.807) is 5.38 Å². The number of benzene rings is 1. The van der Waals surface area contributed by atoms with Crippen LogP contribution in [0, 0.1) is 11.6 Å². The van der Waals surface area contributed by atoms with E-state index in [-0.39, 0.29) is 21.5 Å². The van der Waals surface area contributed by atoms with Crippen molar-refractivity contribution in [1.29, 1.82) is 0 Å². The standard InChI is InChI=1S/C13H8F2N2O3S2/c1-22(18,19)11-4-8(6-21-11)13-16-12(17-20-13)7-2-9(14)5-10(15)3-7/h2-6H,1H3. The summed E-state index contributed by atoms with van der Waals surface area (Å²) >= 11 is 1.03. The molecule has 0 radical (unpaired) electrons. The zero-order valence-corrected chi connectivity index (χ0v) is 12.7. The number of thiophene rings is 1. The average molecular weight is 342 g/mol. The number of halogens is 2. The molecule has 3 rings (SSSR count). The maximum atomic E-state index is 13.2. The largest absolute Gasteiger partial charge is 0.334 e. The Morgan fingerprint density at radius 3 is 2.36 bits per heavy atom. The molecule has 0 amide bonds. The van der Waals surface area contributed by atoms with Crippen LogP contribution in [0.4, 0.5) is 8.78 Å². The van der Waals surface area contributed by atoms with Crippen molar-refractivity contribution in [2.45, 2.75) is 4.21 Å². The Morgan fingerprint density at radius 2 is 1.77 bits per heavy atom. The minimum atomic E-state index is -3.32. The van der Waals surface area contributed by atoms with E-state index in [2.05, 4.69) is 10.1 Å². The highest BCUT2D eigenvalue weighted by Gasteiger charge is 2.17. The molecular weight excluding hydrogens is 334 g/mol. The summed E-state index contributed by atoms with van der Waals surface area (Å²) in [6, 6.07) is 4.30. The Labute approximate surface area is 128 Å². The fourth-order valence-electron chi connectivity index (χ4n) is 1.76. The van der Waals surface area contributed by atoms with E-state index in [1.165, 1.54) is 6.07 Å². The maximum Gasteiger partial charge on any atom is 0.259 e. The smallest absolute Gasteiger partial charge is 0.259 e. The van der Waals surface area contributed by atoms with E-state index < -0.39 is 21.5 Å². The third kappa shape index (κ3) is 2.90. The zero-order chi connectivity index (χ0) is 15.9. The lowest BCUT2D eigenvalue weighted by molar-refractivity contribution is 0.432. The van der Waals surface area contributed by atoms with Gasteiger partial charge in [-0.05, 0) is 18.2 Å². The van der Waals surface area contributed by atoms with Crippen molar-refractivity contribution in [1.82, 2.24) is 10.1 Å². The molecule has 9 heteroatoms. The molecule has 0 spiro atoms. The lowest BCUT2D eigenvalue weighted by Gasteiger charge is -1.95. The SMILES string of the molecule is CS(=O)(=O)c1cc(-c2nc(-c3cc(F)cc(F)c3)no2)cs1. The number of sulfone groups is 1. The van der Waals surface area contributed by atoms with Gasteiger partial charge in [-0.1, -0.05) is 5.16 Å². The Bertz CT molecular complexity index is 928. The van der Waals surface area contributed by atoms with Gasteiger partial charge in [0.15, 0.2) is 9.84 Å². The molecule has 2 aromatic heterocycles. The predicted molar refractivity (Wildman–Crippen MR) is 76.1 cm³/mol. The normalized spacial score (nSPS) is 11.8. The van der Waals surface area contributed by atoms with Gasteiger partial charge in [-0.2, -0.15) is 4.98 Å². The summed E-state index contributed by atoms with van der Waals surface area (Å²) < 4.78 is 54.4. The van der Waals surface area contributed by atoms with Gasteiger partial charge in [0.25, 0.3) is 5.89 Å². The van der Waals surface area contributed by atoms with Crippen molar-refractivity contribution in [2.24, 2.45) is 0 Å². The zero-order valence-electron chi connectivity index (χ0n) is 11.1. The van der Waals surface area contributed by atoms with Gasteiger partial charge in [0.2, 0.25) is 5.82 Å². The Kier molecular flexibility index (Phi) is 3.53. The lowest BCUT2D eigenvalue weighted by Crippen LogP contribution is -1.92. The number of nitrogens with zero attached hydrogens (tertiary/aromatic N) is 2. The Hall–Kier alpha value is -2.13. The van der Waals surface area contributed by atoms with Crippen molar-refractivity contribution < 1.29 is 21.7 Å². The molecule has 0 N–H and O–H groups in total. The molecule has 22 heavy (non-hydrogen) atoms. The second kappa shape index (κ2) is 5.25. The quantitative estimate of drug-likeness (QED) is 0.731.